The van der Waals surface area contributed by atoms with Crippen LogP contribution in [0.2, 0.25) is 0 Å². The molecule has 0 aliphatic carbocycles. The lowest BCUT2D eigenvalue weighted by Gasteiger charge is -2.21. The van der Waals surface area contributed by atoms with Gasteiger partial charge in [-0.3, -0.25) is 9.59 Å². The van der Waals surface area contributed by atoms with Crippen LogP contribution in [0, 0.1) is 12.8 Å². The molecule has 6 heteroatoms. The monoisotopic (exact) mass is 366 g/mol. The summed E-state index contributed by atoms with van der Waals surface area (Å²) in [6, 6.07) is 11.3. The van der Waals surface area contributed by atoms with E-state index >= 15 is 0 Å². The van der Waals surface area contributed by atoms with E-state index in [0.29, 0.717) is 24.3 Å². The summed E-state index contributed by atoms with van der Waals surface area (Å²) in [7, 11) is 1.79. The maximum Gasteiger partial charge on any atom is 0.253 e. The molecule has 27 heavy (non-hydrogen) atoms. The number of nitrogens with zero attached hydrogens (tertiary/aromatic N) is 3. The zero-order valence-electron chi connectivity index (χ0n) is 16.1. The van der Waals surface area contributed by atoms with Gasteiger partial charge in [0.1, 0.15) is 5.82 Å². The number of nitrogens with two attached hydrogens (primary N) is 1. The van der Waals surface area contributed by atoms with E-state index in [4.69, 9.17) is 5.73 Å². The topological polar surface area (TPSA) is 79.5 Å². The molecule has 1 aliphatic heterocycles. The number of amides is 2. The zero-order valence-corrected chi connectivity index (χ0v) is 16.1. The van der Waals surface area contributed by atoms with Gasteiger partial charge in [0, 0.05) is 55.8 Å². The third-order valence-electron chi connectivity index (χ3n) is 5.06. The first-order valence-corrected chi connectivity index (χ1v) is 9.25. The Bertz CT molecular complexity index is 848. The summed E-state index contributed by atoms with van der Waals surface area (Å²) < 4.78 is 0. The molecule has 3 rings (SSSR count). The van der Waals surface area contributed by atoms with Crippen molar-refractivity contribution >= 4 is 17.6 Å². The predicted molar refractivity (Wildman–Crippen MR) is 106 cm³/mol. The minimum absolute atomic E-state index is 0.0426. The molecule has 0 bridgehead atoms. The second-order valence-electron chi connectivity index (χ2n) is 7.15. The third-order valence-corrected chi connectivity index (χ3v) is 5.06. The molecule has 1 saturated heterocycles. The number of aromatic nitrogens is 1. The number of carbonyl (C=O) groups excluding carboxylic acids is 2. The van der Waals surface area contributed by atoms with Crippen molar-refractivity contribution in [3.8, 4) is 11.1 Å². The van der Waals surface area contributed by atoms with Crippen LogP contribution in [0.3, 0.4) is 0 Å². The van der Waals surface area contributed by atoms with E-state index in [1.165, 1.54) is 0 Å². The molecule has 1 fully saturated rings. The van der Waals surface area contributed by atoms with Gasteiger partial charge in [0.15, 0.2) is 0 Å². The minimum atomic E-state index is -0.0426. The highest BCUT2D eigenvalue weighted by molar-refractivity contribution is 5.94. The molecular weight excluding hydrogens is 340 g/mol. The Morgan fingerprint density at radius 1 is 1.26 bits per heavy atom. The SMILES string of the molecule is CCN1C[C@H](CN(C)C(=O)c2ccc(-c3ccc(C)nc3N)cc2)CC1=O. The summed E-state index contributed by atoms with van der Waals surface area (Å²) in [4.78, 5) is 32.4. The van der Waals surface area contributed by atoms with Crippen molar-refractivity contribution in [3.05, 3.63) is 47.7 Å². The van der Waals surface area contributed by atoms with Crippen LogP contribution in [0.15, 0.2) is 36.4 Å². The van der Waals surface area contributed by atoms with Crippen LogP contribution in [0.1, 0.15) is 29.4 Å². The summed E-state index contributed by atoms with van der Waals surface area (Å²) in [6.07, 6.45) is 0.518. The lowest BCUT2D eigenvalue weighted by Crippen LogP contribution is -2.33. The molecule has 6 nitrogen and oxygen atoms in total. The molecule has 2 amide bonds. The summed E-state index contributed by atoms with van der Waals surface area (Å²) >= 11 is 0. The van der Waals surface area contributed by atoms with Crippen LogP contribution in [0.25, 0.3) is 11.1 Å². The van der Waals surface area contributed by atoms with Gasteiger partial charge < -0.3 is 15.5 Å². The first-order valence-electron chi connectivity index (χ1n) is 9.25. The lowest BCUT2D eigenvalue weighted by atomic mass is 10.0. The van der Waals surface area contributed by atoms with Gasteiger partial charge >= 0.3 is 0 Å². The molecular formula is C21H26N4O2. The molecule has 0 unspecified atom stereocenters. The number of likely N-dealkylation sites (tertiary alicyclic amines) is 1. The Kier molecular flexibility index (Phi) is 5.44. The van der Waals surface area contributed by atoms with Gasteiger partial charge in [-0.05, 0) is 43.7 Å². The van der Waals surface area contributed by atoms with Crippen LogP contribution in [0.5, 0.6) is 0 Å². The molecule has 2 N–H and O–H groups in total. The molecule has 1 aliphatic rings. The van der Waals surface area contributed by atoms with Gasteiger partial charge in [-0.2, -0.15) is 0 Å². The van der Waals surface area contributed by atoms with E-state index < -0.39 is 0 Å². The number of pyridine rings is 1. The number of anilines is 1. The Morgan fingerprint density at radius 3 is 2.56 bits per heavy atom. The maximum atomic E-state index is 12.7. The standard InChI is InChI=1S/C21H26N4O2/c1-4-25-13-15(11-19(25)26)12-24(3)21(27)17-8-6-16(7-9-17)18-10-5-14(2)23-20(18)22/h5-10,15H,4,11-13H2,1-3H3,(H2,22,23)/t15-/m0/s1. The Balaban J connectivity index is 1.67. The quantitative estimate of drug-likeness (QED) is 0.882. The highest BCUT2D eigenvalue weighted by atomic mass is 16.2. The second kappa shape index (κ2) is 7.78. The fourth-order valence-corrected chi connectivity index (χ4v) is 3.59. The normalized spacial score (nSPS) is 16.6. The molecule has 1 aromatic heterocycles. The van der Waals surface area contributed by atoms with E-state index in [1.54, 1.807) is 11.9 Å². The van der Waals surface area contributed by atoms with Crippen molar-refractivity contribution in [2.75, 3.05) is 32.4 Å². The highest BCUT2D eigenvalue weighted by Crippen LogP contribution is 2.25. The van der Waals surface area contributed by atoms with E-state index in [2.05, 4.69) is 4.98 Å². The average Bonchev–Trinajstić information content (AvgIpc) is 3.00. The van der Waals surface area contributed by atoms with E-state index in [1.807, 2.05) is 55.1 Å². The second-order valence-corrected chi connectivity index (χ2v) is 7.15. The number of nitrogen functional groups attached to an aromatic ring is 1. The fourth-order valence-electron chi connectivity index (χ4n) is 3.59. The van der Waals surface area contributed by atoms with Crippen LogP contribution in [-0.4, -0.2) is 53.3 Å². The molecule has 1 atom stereocenters. The van der Waals surface area contributed by atoms with Crippen molar-refractivity contribution in [1.82, 2.24) is 14.8 Å². The number of hydrogen-bond donors (Lipinski definition) is 1. The number of benzene rings is 1. The summed E-state index contributed by atoms with van der Waals surface area (Å²) in [5, 5.41) is 0. The molecule has 0 saturated carbocycles. The zero-order chi connectivity index (χ0) is 19.6. The summed E-state index contributed by atoms with van der Waals surface area (Å²) in [6.45, 7) is 5.91. The largest absolute Gasteiger partial charge is 0.383 e. The Hall–Kier alpha value is -2.89. The summed E-state index contributed by atoms with van der Waals surface area (Å²) in [5.74, 6) is 0.817. The Morgan fingerprint density at radius 2 is 1.96 bits per heavy atom. The molecule has 0 radical (unpaired) electrons. The van der Waals surface area contributed by atoms with Crippen LogP contribution < -0.4 is 5.73 Å². The molecule has 1 aromatic carbocycles. The molecule has 2 heterocycles. The average molecular weight is 366 g/mol. The van der Waals surface area contributed by atoms with Gasteiger partial charge in [-0.25, -0.2) is 4.98 Å². The van der Waals surface area contributed by atoms with E-state index in [0.717, 1.165) is 29.9 Å². The first kappa shape index (κ1) is 18.9. The van der Waals surface area contributed by atoms with Gasteiger partial charge in [-0.15, -0.1) is 0 Å². The van der Waals surface area contributed by atoms with Gasteiger partial charge in [0.05, 0.1) is 0 Å². The van der Waals surface area contributed by atoms with E-state index in [-0.39, 0.29) is 17.7 Å². The van der Waals surface area contributed by atoms with Crippen molar-refractivity contribution in [3.63, 3.8) is 0 Å². The number of carbonyl (C=O) groups is 2. The third kappa shape index (κ3) is 4.10. The predicted octanol–water partition coefficient (Wildman–Crippen LogP) is 2.58. The van der Waals surface area contributed by atoms with Crippen molar-refractivity contribution in [2.24, 2.45) is 5.92 Å². The fraction of sp³-hybridized carbons (Fsp3) is 0.381. The molecule has 2 aromatic rings. The van der Waals surface area contributed by atoms with Crippen molar-refractivity contribution in [2.45, 2.75) is 20.3 Å². The molecule has 142 valence electrons. The summed E-state index contributed by atoms with van der Waals surface area (Å²) in [5.41, 5.74) is 9.29. The van der Waals surface area contributed by atoms with Crippen LogP contribution in [0.4, 0.5) is 5.82 Å². The van der Waals surface area contributed by atoms with Gasteiger partial charge in [-0.1, -0.05) is 12.1 Å². The van der Waals surface area contributed by atoms with E-state index in [9.17, 15) is 9.59 Å². The smallest absolute Gasteiger partial charge is 0.253 e. The van der Waals surface area contributed by atoms with Gasteiger partial charge in [0.2, 0.25) is 5.91 Å². The number of hydrogen-bond acceptors (Lipinski definition) is 4. The highest BCUT2D eigenvalue weighted by Gasteiger charge is 2.30. The first-order chi connectivity index (χ1) is 12.9. The van der Waals surface area contributed by atoms with Gasteiger partial charge in [0.25, 0.3) is 5.91 Å². The minimum Gasteiger partial charge on any atom is -0.383 e. The lowest BCUT2D eigenvalue weighted by molar-refractivity contribution is -0.127. The van der Waals surface area contributed by atoms with Crippen LogP contribution in [-0.2, 0) is 4.79 Å². The number of aryl methyl sites for hydroxylation is 1. The van der Waals surface area contributed by atoms with Crippen molar-refractivity contribution < 1.29 is 9.59 Å². The Labute approximate surface area is 160 Å². The maximum absolute atomic E-state index is 12.7. The number of rotatable bonds is 5. The van der Waals surface area contributed by atoms with Crippen LogP contribution >= 0.6 is 0 Å². The van der Waals surface area contributed by atoms with Crippen molar-refractivity contribution in [1.29, 1.82) is 0 Å². The molecule has 0 spiro atoms.